The quantitative estimate of drug-likeness (QED) is 0.118. The van der Waals surface area contributed by atoms with Crippen molar-refractivity contribution in [2.75, 3.05) is 38.3 Å². The van der Waals surface area contributed by atoms with Gasteiger partial charge >= 0.3 is 18.2 Å². The van der Waals surface area contributed by atoms with Crippen LogP contribution in [0.4, 0.5) is 34.1 Å². The molecule has 4 amide bonds. The third-order valence-corrected chi connectivity index (χ3v) is 15.0. The van der Waals surface area contributed by atoms with Crippen molar-refractivity contribution in [3.63, 3.8) is 0 Å². The van der Waals surface area contributed by atoms with E-state index >= 15 is 0 Å². The van der Waals surface area contributed by atoms with Crippen LogP contribution in [0.25, 0.3) is 0 Å². The summed E-state index contributed by atoms with van der Waals surface area (Å²) in [5.74, 6) is -0.142. The highest BCUT2D eigenvalue weighted by Crippen LogP contribution is 2.44. The SMILES string of the molecule is CC(C)n1nc(S(=O)(=O)NC(=O)Nc2c3c(cc4c2CCC4Cn2nc(S(=O)(=O)NC(=O)Nc4c5c(cc6c4CCC6)CCC5)cc2CN(C)C)CCC3)cc1CN(C)CC(F)(F)F. The first-order valence-electron chi connectivity index (χ1n) is 21.7. The standard InChI is InChI=1S/C43H55F3N10O6S2/c1-25(2)56-31(23-54(5)24-43(44,45)46)20-38(50-56)64(61,62)52-42(58)48-40-34-14-8-11-28(34)18-36-29(15-16-35(36)40)21-55-30(22-53(3)4)19-37(49-55)63(59,60)51-41(57)47-39-32-12-6-9-26(32)17-27-10-7-13-33(27)39/h17-20,25,29H,6-16,21-24H2,1-5H3,(H2,47,51,57)(H2,48,52,58). The summed E-state index contributed by atoms with van der Waals surface area (Å²) < 4.78 is 101. The van der Waals surface area contributed by atoms with Crippen molar-refractivity contribution in [1.29, 1.82) is 0 Å². The lowest BCUT2D eigenvalue weighted by Crippen LogP contribution is -2.35. The van der Waals surface area contributed by atoms with E-state index in [-0.39, 0.29) is 29.2 Å². The summed E-state index contributed by atoms with van der Waals surface area (Å²) in [4.78, 5) is 29.9. The third kappa shape index (κ3) is 9.53. The second-order valence-corrected chi connectivity index (χ2v) is 21.4. The number of halogens is 3. The number of benzene rings is 2. The molecular weight excluding hydrogens is 874 g/mol. The van der Waals surface area contributed by atoms with E-state index in [0.29, 0.717) is 43.7 Å². The Labute approximate surface area is 371 Å². The maximum Gasteiger partial charge on any atom is 0.401 e. The van der Waals surface area contributed by atoms with Crippen LogP contribution in [0.3, 0.4) is 0 Å². The van der Waals surface area contributed by atoms with E-state index in [1.807, 2.05) is 19.0 Å². The zero-order valence-corrected chi connectivity index (χ0v) is 38.3. The Morgan fingerprint density at radius 3 is 1.77 bits per heavy atom. The zero-order chi connectivity index (χ0) is 45.9. The number of hydrogen-bond acceptors (Lipinski definition) is 10. The van der Waals surface area contributed by atoms with Crippen LogP contribution in [0.2, 0.25) is 0 Å². The number of sulfonamides is 2. The molecule has 0 aliphatic heterocycles. The lowest BCUT2D eigenvalue weighted by Gasteiger charge is -2.19. The number of carbonyl (C=O) groups excluding carboxylic acids is 2. The van der Waals surface area contributed by atoms with Crippen molar-refractivity contribution in [3.05, 3.63) is 80.2 Å². The molecule has 4 aliphatic rings. The van der Waals surface area contributed by atoms with E-state index < -0.39 is 49.9 Å². The number of hydrogen-bond donors (Lipinski definition) is 4. The number of carbonyl (C=O) groups is 2. The Balaban J connectivity index is 1.00. The summed E-state index contributed by atoms with van der Waals surface area (Å²) in [6, 6.07) is 4.80. The van der Waals surface area contributed by atoms with Gasteiger partial charge in [0.2, 0.25) is 0 Å². The van der Waals surface area contributed by atoms with Crippen molar-refractivity contribution in [2.45, 2.75) is 132 Å². The van der Waals surface area contributed by atoms with E-state index in [4.69, 9.17) is 0 Å². The van der Waals surface area contributed by atoms with Gasteiger partial charge in [0.25, 0.3) is 20.0 Å². The average Bonchev–Trinajstić information content (AvgIpc) is 4.03. The van der Waals surface area contributed by atoms with Crippen LogP contribution in [0.1, 0.15) is 107 Å². The first-order chi connectivity index (χ1) is 30.2. The van der Waals surface area contributed by atoms with Crippen LogP contribution < -0.4 is 20.1 Å². The maximum atomic E-state index is 13.8. The smallest absolute Gasteiger partial charge is 0.307 e. The monoisotopic (exact) mass is 928 g/mol. The van der Waals surface area contributed by atoms with Crippen LogP contribution in [0.5, 0.6) is 0 Å². The number of aryl methyl sites for hydroxylation is 3. The van der Waals surface area contributed by atoms with Gasteiger partial charge in [-0.25, -0.2) is 19.0 Å². The van der Waals surface area contributed by atoms with Crippen LogP contribution >= 0.6 is 0 Å². The summed E-state index contributed by atoms with van der Waals surface area (Å²) in [7, 11) is -3.95. The van der Waals surface area contributed by atoms with Crippen molar-refractivity contribution in [2.24, 2.45) is 0 Å². The molecule has 2 heterocycles. The van der Waals surface area contributed by atoms with Gasteiger partial charge in [0.05, 0.1) is 17.9 Å². The number of amides is 4. The van der Waals surface area contributed by atoms with Crippen LogP contribution in [-0.2, 0) is 84.6 Å². The van der Waals surface area contributed by atoms with Gasteiger partial charge in [-0.1, -0.05) is 12.1 Å². The number of urea groups is 2. The summed E-state index contributed by atoms with van der Waals surface area (Å²) in [6.45, 7) is 2.67. The lowest BCUT2D eigenvalue weighted by atomic mass is 9.94. The fourth-order valence-corrected chi connectivity index (χ4v) is 11.8. The van der Waals surface area contributed by atoms with Gasteiger partial charge in [-0.2, -0.15) is 40.2 Å². The van der Waals surface area contributed by atoms with Crippen molar-refractivity contribution in [1.82, 2.24) is 38.8 Å². The topological polar surface area (TPSA) is 193 Å². The Hall–Kier alpha value is -4.99. The first-order valence-corrected chi connectivity index (χ1v) is 24.7. The molecule has 16 nitrogen and oxygen atoms in total. The number of rotatable bonds is 14. The molecule has 2 aromatic carbocycles. The highest BCUT2D eigenvalue weighted by molar-refractivity contribution is 7.90. The number of fused-ring (bicyclic) bond motifs is 4. The number of anilines is 2. The molecule has 4 aromatic rings. The molecule has 0 saturated carbocycles. The fourth-order valence-electron chi connectivity index (χ4n) is 9.98. The highest BCUT2D eigenvalue weighted by atomic mass is 32.2. The minimum Gasteiger partial charge on any atom is -0.307 e. The minimum atomic E-state index is -4.55. The molecule has 1 atom stereocenters. The Bertz CT molecular complexity index is 2700. The molecule has 21 heteroatoms. The van der Waals surface area contributed by atoms with Gasteiger partial charge in [0.1, 0.15) is 0 Å². The Kier molecular flexibility index (Phi) is 12.4. The maximum absolute atomic E-state index is 13.8. The molecule has 0 fully saturated rings. The number of nitrogens with one attached hydrogen (secondary N) is 4. The fraction of sp³-hybridized carbons (Fsp3) is 0.535. The molecule has 0 spiro atoms. The second kappa shape index (κ2) is 17.4. The van der Waals surface area contributed by atoms with Gasteiger partial charge < -0.3 is 15.5 Å². The van der Waals surface area contributed by atoms with E-state index in [2.05, 4.69) is 42.4 Å². The first kappa shape index (κ1) is 45.6. The van der Waals surface area contributed by atoms with E-state index in [1.54, 1.807) is 18.5 Å². The van der Waals surface area contributed by atoms with Gasteiger partial charge in [-0.05, 0) is 150 Å². The molecule has 8 rings (SSSR count). The van der Waals surface area contributed by atoms with Gasteiger partial charge in [-0.15, -0.1) is 0 Å². The minimum absolute atomic E-state index is 0.142. The van der Waals surface area contributed by atoms with Crippen LogP contribution in [0.15, 0.2) is 34.3 Å². The van der Waals surface area contributed by atoms with E-state index in [9.17, 15) is 39.6 Å². The molecule has 1 unspecified atom stereocenters. The number of nitrogens with zero attached hydrogens (tertiary/aromatic N) is 6. The summed E-state index contributed by atoms with van der Waals surface area (Å²) in [5.41, 5.74) is 10.4. The molecule has 0 bridgehead atoms. The summed E-state index contributed by atoms with van der Waals surface area (Å²) in [6.07, 6.45) is 4.49. The number of aromatic nitrogens is 4. The Morgan fingerprint density at radius 1 is 0.719 bits per heavy atom. The zero-order valence-electron chi connectivity index (χ0n) is 36.7. The van der Waals surface area contributed by atoms with Crippen LogP contribution in [-0.4, -0.2) is 92.1 Å². The third-order valence-electron chi connectivity index (χ3n) is 12.6. The Morgan fingerprint density at radius 2 is 1.23 bits per heavy atom. The molecule has 4 N–H and O–H groups in total. The van der Waals surface area contributed by atoms with Crippen molar-refractivity contribution in [3.8, 4) is 0 Å². The summed E-state index contributed by atoms with van der Waals surface area (Å²) >= 11 is 0. The molecular formula is C43H55F3N10O6S2. The molecule has 4 aliphatic carbocycles. The van der Waals surface area contributed by atoms with Gasteiger partial charge in [-0.3, -0.25) is 14.3 Å². The van der Waals surface area contributed by atoms with Gasteiger partial charge in [0, 0.05) is 55.1 Å². The summed E-state index contributed by atoms with van der Waals surface area (Å²) in [5, 5.41) is 13.7. The van der Waals surface area contributed by atoms with Gasteiger partial charge in [0.15, 0.2) is 10.1 Å². The molecule has 64 heavy (non-hydrogen) atoms. The van der Waals surface area contributed by atoms with Crippen LogP contribution in [0, 0.1) is 0 Å². The molecule has 2 aromatic heterocycles. The van der Waals surface area contributed by atoms with Crippen molar-refractivity contribution >= 4 is 43.5 Å². The van der Waals surface area contributed by atoms with E-state index in [0.717, 1.165) is 95.3 Å². The van der Waals surface area contributed by atoms with Crippen molar-refractivity contribution < 1.29 is 39.6 Å². The average molecular weight is 929 g/mol. The highest BCUT2D eigenvalue weighted by Gasteiger charge is 2.35. The second-order valence-electron chi connectivity index (χ2n) is 18.1. The normalized spacial score (nSPS) is 17.0. The lowest BCUT2D eigenvalue weighted by molar-refractivity contribution is -0.144. The van der Waals surface area contributed by atoms with E-state index in [1.165, 1.54) is 35.0 Å². The molecule has 346 valence electrons. The largest absolute Gasteiger partial charge is 0.401 e. The predicted molar refractivity (Wildman–Crippen MR) is 233 cm³/mol. The predicted octanol–water partition coefficient (Wildman–Crippen LogP) is 5.93. The molecule has 0 radical (unpaired) electrons. The number of alkyl halides is 3. The molecule has 0 saturated heterocycles.